The lowest BCUT2D eigenvalue weighted by molar-refractivity contribution is -0.157. The topological polar surface area (TPSA) is 50.1 Å². The van der Waals surface area contributed by atoms with Crippen molar-refractivity contribution in [2.45, 2.75) is 129 Å². The molecule has 0 aliphatic heterocycles. The molecular weight excluding hydrogens is 370 g/mol. The minimum atomic E-state index is 0.0561. The fraction of sp³-hybridized carbons (Fsp3) is 0.926. The van der Waals surface area contributed by atoms with Crippen LogP contribution in [0.3, 0.4) is 0 Å². The third-order valence-corrected chi connectivity index (χ3v) is 8.52. The molecule has 0 aromatic rings. The van der Waals surface area contributed by atoms with Crippen molar-refractivity contribution in [3.63, 3.8) is 0 Å². The molecule has 0 bridgehead atoms. The fourth-order valence-electron chi connectivity index (χ4n) is 6.38. The Hall–Kier alpha value is -1.04. The number of esters is 1. The molecule has 3 rings (SSSR count). The number of ether oxygens (including phenoxy) is 1. The van der Waals surface area contributed by atoms with Crippen LogP contribution in [0.1, 0.15) is 122 Å². The second-order valence-corrected chi connectivity index (χ2v) is 10.6. The number of carbonyl (C=O) groups is 1. The summed E-state index contributed by atoms with van der Waals surface area (Å²) < 4.78 is 5.83. The number of nitrogens with zero attached hydrogens (tertiary/aromatic N) is 1. The van der Waals surface area contributed by atoms with Crippen LogP contribution in [-0.4, -0.2) is 12.1 Å². The highest BCUT2D eigenvalue weighted by Crippen LogP contribution is 2.42. The summed E-state index contributed by atoms with van der Waals surface area (Å²) in [6, 6.07) is 2.36. The van der Waals surface area contributed by atoms with Crippen LogP contribution in [-0.2, 0) is 9.53 Å². The van der Waals surface area contributed by atoms with Gasteiger partial charge in [-0.05, 0) is 82.0 Å². The minimum absolute atomic E-state index is 0.0561. The first-order chi connectivity index (χ1) is 14.7. The Bertz CT molecular complexity index is 530. The van der Waals surface area contributed by atoms with Gasteiger partial charge in [0, 0.05) is 5.92 Å². The van der Waals surface area contributed by atoms with E-state index in [4.69, 9.17) is 10.00 Å². The number of hydrogen-bond donors (Lipinski definition) is 0. The Morgan fingerprint density at radius 1 is 0.800 bits per heavy atom. The standard InChI is InChI=1S/C27H45NO2/c1-2-3-4-5-6-7-21-8-12-23(13-9-21)24-14-16-25(17-15-24)27(29)30-26-18-10-22(20-28)11-19-26/h21-26H,2-19H2,1H3. The van der Waals surface area contributed by atoms with Crippen LogP contribution in [0.25, 0.3) is 0 Å². The molecule has 0 saturated heterocycles. The van der Waals surface area contributed by atoms with E-state index >= 15 is 0 Å². The van der Waals surface area contributed by atoms with Gasteiger partial charge in [0.15, 0.2) is 0 Å². The van der Waals surface area contributed by atoms with Crippen LogP contribution < -0.4 is 0 Å². The van der Waals surface area contributed by atoms with Gasteiger partial charge in [0.1, 0.15) is 6.10 Å². The molecule has 3 fully saturated rings. The van der Waals surface area contributed by atoms with Crippen molar-refractivity contribution < 1.29 is 9.53 Å². The van der Waals surface area contributed by atoms with E-state index in [1.54, 1.807) is 0 Å². The predicted octanol–water partition coefficient (Wildman–Crippen LogP) is 7.59. The average molecular weight is 416 g/mol. The van der Waals surface area contributed by atoms with E-state index in [0.29, 0.717) is 0 Å². The molecule has 0 spiro atoms. The van der Waals surface area contributed by atoms with Gasteiger partial charge in [-0.2, -0.15) is 5.26 Å². The quantitative estimate of drug-likeness (QED) is 0.288. The molecule has 3 aliphatic rings. The van der Waals surface area contributed by atoms with Gasteiger partial charge in [-0.1, -0.05) is 58.3 Å². The maximum absolute atomic E-state index is 12.6. The highest BCUT2D eigenvalue weighted by Gasteiger charge is 2.34. The first-order valence-electron chi connectivity index (χ1n) is 13.3. The van der Waals surface area contributed by atoms with Gasteiger partial charge in [-0.25, -0.2) is 0 Å². The SMILES string of the molecule is CCCCCCCC1CCC(C2CCC(C(=O)OC3CCC(C#N)CC3)CC2)CC1. The van der Waals surface area contributed by atoms with Gasteiger partial charge in [0.25, 0.3) is 0 Å². The first-order valence-corrected chi connectivity index (χ1v) is 13.3. The van der Waals surface area contributed by atoms with Gasteiger partial charge in [-0.15, -0.1) is 0 Å². The van der Waals surface area contributed by atoms with Crippen LogP contribution in [0.5, 0.6) is 0 Å². The smallest absolute Gasteiger partial charge is 0.309 e. The van der Waals surface area contributed by atoms with E-state index in [-0.39, 0.29) is 23.9 Å². The van der Waals surface area contributed by atoms with Crippen molar-refractivity contribution >= 4 is 5.97 Å². The number of carbonyl (C=O) groups excluding carboxylic acids is 1. The third kappa shape index (κ3) is 7.28. The van der Waals surface area contributed by atoms with Gasteiger partial charge < -0.3 is 4.74 Å². The Labute approximate surface area is 185 Å². The average Bonchev–Trinajstić information content (AvgIpc) is 2.80. The van der Waals surface area contributed by atoms with Gasteiger partial charge in [0.2, 0.25) is 0 Å². The van der Waals surface area contributed by atoms with Crippen molar-refractivity contribution in [1.29, 1.82) is 5.26 Å². The van der Waals surface area contributed by atoms with Gasteiger partial charge in [-0.3, -0.25) is 4.79 Å². The number of unbranched alkanes of at least 4 members (excludes halogenated alkanes) is 4. The van der Waals surface area contributed by atoms with Crippen molar-refractivity contribution in [1.82, 2.24) is 0 Å². The fourth-order valence-corrected chi connectivity index (χ4v) is 6.38. The van der Waals surface area contributed by atoms with E-state index in [9.17, 15) is 4.79 Å². The summed E-state index contributed by atoms with van der Waals surface area (Å²) in [7, 11) is 0. The van der Waals surface area contributed by atoms with E-state index in [1.807, 2.05) is 0 Å². The molecule has 170 valence electrons. The zero-order chi connectivity index (χ0) is 21.2. The highest BCUT2D eigenvalue weighted by molar-refractivity contribution is 5.72. The van der Waals surface area contributed by atoms with E-state index in [0.717, 1.165) is 56.3 Å². The van der Waals surface area contributed by atoms with Crippen LogP contribution in [0, 0.1) is 40.9 Å². The zero-order valence-corrected chi connectivity index (χ0v) is 19.5. The van der Waals surface area contributed by atoms with Crippen molar-refractivity contribution in [2.75, 3.05) is 0 Å². The van der Waals surface area contributed by atoms with Crippen LogP contribution >= 0.6 is 0 Å². The maximum atomic E-state index is 12.6. The molecule has 30 heavy (non-hydrogen) atoms. The summed E-state index contributed by atoms with van der Waals surface area (Å²) in [5.74, 6) is 3.12. The molecule has 0 aromatic heterocycles. The van der Waals surface area contributed by atoms with E-state index in [2.05, 4.69) is 13.0 Å². The maximum Gasteiger partial charge on any atom is 0.309 e. The molecule has 3 nitrogen and oxygen atoms in total. The number of rotatable bonds is 9. The molecule has 0 radical (unpaired) electrons. The normalized spacial score (nSPS) is 34.8. The monoisotopic (exact) mass is 415 g/mol. The molecular formula is C27H45NO2. The summed E-state index contributed by atoms with van der Waals surface area (Å²) in [6.45, 7) is 2.29. The Morgan fingerprint density at radius 2 is 1.40 bits per heavy atom. The Balaban J connectivity index is 1.28. The molecule has 0 amide bonds. The Kier molecular flexibility index (Phi) is 10.0. The molecule has 0 N–H and O–H groups in total. The second-order valence-electron chi connectivity index (χ2n) is 10.6. The van der Waals surface area contributed by atoms with E-state index in [1.165, 1.54) is 77.0 Å². The molecule has 0 atom stereocenters. The van der Waals surface area contributed by atoms with Crippen LogP contribution in [0.4, 0.5) is 0 Å². The lowest BCUT2D eigenvalue weighted by Crippen LogP contribution is -2.32. The van der Waals surface area contributed by atoms with Crippen molar-refractivity contribution in [2.24, 2.45) is 29.6 Å². The summed E-state index contributed by atoms with van der Waals surface area (Å²) in [6.07, 6.45) is 22.4. The van der Waals surface area contributed by atoms with Crippen molar-refractivity contribution in [3.8, 4) is 6.07 Å². The predicted molar refractivity (Wildman–Crippen MR) is 122 cm³/mol. The lowest BCUT2D eigenvalue weighted by atomic mass is 9.68. The Morgan fingerprint density at radius 3 is 2.00 bits per heavy atom. The minimum Gasteiger partial charge on any atom is -0.462 e. The van der Waals surface area contributed by atoms with Gasteiger partial charge >= 0.3 is 5.97 Å². The largest absolute Gasteiger partial charge is 0.462 e. The summed E-state index contributed by atoms with van der Waals surface area (Å²) in [5, 5.41) is 9.02. The number of hydrogen-bond acceptors (Lipinski definition) is 3. The second kappa shape index (κ2) is 12.7. The zero-order valence-electron chi connectivity index (χ0n) is 19.5. The molecule has 0 heterocycles. The first kappa shape index (κ1) is 23.6. The molecule has 0 unspecified atom stereocenters. The van der Waals surface area contributed by atoms with Crippen molar-refractivity contribution in [3.05, 3.63) is 0 Å². The lowest BCUT2D eigenvalue weighted by Gasteiger charge is -2.37. The molecule has 0 aromatic carbocycles. The summed E-state index contributed by atoms with van der Waals surface area (Å²) in [5.41, 5.74) is 0. The molecule has 3 saturated carbocycles. The van der Waals surface area contributed by atoms with Crippen LogP contribution in [0.15, 0.2) is 0 Å². The molecule has 3 heteroatoms. The summed E-state index contributed by atoms with van der Waals surface area (Å²) in [4.78, 5) is 12.6. The summed E-state index contributed by atoms with van der Waals surface area (Å²) >= 11 is 0. The third-order valence-electron chi connectivity index (χ3n) is 8.52. The molecule has 3 aliphatic carbocycles. The highest BCUT2D eigenvalue weighted by atomic mass is 16.5. The van der Waals surface area contributed by atoms with Gasteiger partial charge in [0.05, 0.1) is 12.0 Å². The number of nitriles is 1. The van der Waals surface area contributed by atoms with E-state index < -0.39 is 0 Å². The van der Waals surface area contributed by atoms with Crippen LogP contribution in [0.2, 0.25) is 0 Å².